The molecule has 0 saturated carbocycles. The van der Waals surface area contributed by atoms with Crippen LogP contribution < -0.4 is 0 Å². The minimum Gasteiger partial charge on any atom is -0.291 e. The number of hydrogen-bond acceptors (Lipinski definition) is 2. The van der Waals surface area contributed by atoms with Gasteiger partial charge in [0.15, 0.2) is 0 Å². The highest BCUT2D eigenvalue weighted by molar-refractivity contribution is 7.10. The molecule has 1 atom stereocenters. The van der Waals surface area contributed by atoms with Gasteiger partial charge in [0.1, 0.15) is 0 Å². The van der Waals surface area contributed by atoms with Crippen molar-refractivity contribution < 1.29 is 13.2 Å². The van der Waals surface area contributed by atoms with Gasteiger partial charge in [0, 0.05) is 17.5 Å². The highest BCUT2D eigenvalue weighted by atomic mass is 32.1. The molecule has 0 aliphatic carbocycles. The van der Waals surface area contributed by atoms with E-state index in [4.69, 9.17) is 0 Å². The molecule has 1 nitrogen and oxygen atoms in total. The molecule has 1 aromatic carbocycles. The molecule has 0 amide bonds. The maximum atomic E-state index is 12.7. The van der Waals surface area contributed by atoms with E-state index >= 15 is 0 Å². The summed E-state index contributed by atoms with van der Waals surface area (Å²) < 4.78 is 38.0. The third-order valence-corrected chi connectivity index (χ3v) is 5.38. The van der Waals surface area contributed by atoms with Crippen molar-refractivity contribution in [3.8, 4) is 0 Å². The van der Waals surface area contributed by atoms with Crippen molar-refractivity contribution in [1.82, 2.24) is 4.90 Å². The molecule has 1 aliphatic rings. The quantitative estimate of drug-likeness (QED) is 0.674. The van der Waals surface area contributed by atoms with Crippen molar-refractivity contribution in [2.24, 2.45) is 0 Å². The van der Waals surface area contributed by atoms with Crippen LogP contribution in [0.1, 0.15) is 47.7 Å². The van der Waals surface area contributed by atoms with Gasteiger partial charge >= 0.3 is 6.18 Å². The van der Waals surface area contributed by atoms with Gasteiger partial charge in [-0.1, -0.05) is 31.0 Å². The number of hydrogen-bond donors (Lipinski definition) is 0. The first-order valence-electron chi connectivity index (χ1n) is 7.97. The summed E-state index contributed by atoms with van der Waals surface area (Å²) in [6, 6.07) is 10.2. The average molecular weight is 339 g/mol. The summed E-state index contributed by atoms with van der Waals surface area (Å²) in [4.78, 5) is 3.78. The van der Waals surface area contributed by atoms with E-state index in [1.807, 2.05) is 0 Å². The second-order valence-electron chi connectivity index (χ2n) is 6.05. The molecule has 0 bridgehead atoms. The second-order valence-corrected chi connectivity index (χ2v) is 7.02. The fraction of sp³-hybridized carbons (Fsp3) is 0.444. The number of rotatable bonds is 3. The Balaban J connectivity index is 1.76. The molecule has 0 radical (unpaired) electrons. The summed E-state index contributed by atoms with van der Waals surface area (Å²) in [5, 5.41) is 2.09. The zero-order chi connectivity index (χ0) is 16.3. The van der Waals surface area contributed by atoms with Crippen molar-refractivity contribution in [1.29, 1.82) is 0 Å². The van der Waals surface area contributed by atoms with E-state index in [1.165, 1.54) is 29.9 Å². The molecule has 2 aromatic rings. The van der Waals surface area contributed by atoms with Crippen LogP contribution in [0.25, 0.3) is 0 Å². The van der Waals surface area contributed by atoms with Gasteiger partial charge in [0.25, 0.3) is 0 Å². The van der Waals surface area contributed by atoms with Gasteiger partial charge in [0.05, 0.1) is 5.56 Å². The largest absolute Gasteiger partial charge is 0.416 e. The van der Waals surface area contributed by atoms with Crippen molar-refractivity contribution in [2.75, 3.05) is 6.54 Å². The van der Waals surface area contributed by atoms with Crippen molar-refractivity contribution in [3.05, 3.63) is 57.8 Å². The molecule has 3 rings (SSSR count). The minimum atomic E-state index is -4.26. The summed E-state index contributed by atoms with van der Waals surface area (Å²) in [5.41, 5.74) is 0.369. The highest BCUT2D eigenvalue weighted by Gasteiger charge is 2.30. The molecule has 124 valence electrons. The zero-order valence-electron chi connectivity index (χ0n) is 12.9. The van der Waals surface area contributed by atoms with Crippen molar-refractivity contribution in [2.45, 2.75) is 44.4 Å². The van der Waals surface area contributed by atoms with E-state index in [-0.39, 0.29) is 0 Å². The summed E-state index contributed by atoms with van der Waals surface area (Å²) in [7, 11) is 0. The summed E-state index contributed by atoms with van der Waals surface area (Å²) in [6.45, 7) is 1.71. The molecule has 1 fully saturated rings. The van der Waals surface area contributed by atoms with Crippen LogP contribution in [0.5, 0.6) is 0 Å². The molecule has 1 aromatic heterocycles. The van der Waals surface area contributed by atoms with Gasteiger partial charge in [-0.2, -0.15) is 13.2 Å². The normalized spacial score (nSPS) is 20.4. The highest BCUT2D eigenvalue weighted by Crippen LogP contribution is 2.34. The fourth-order valence-corrected chi connectivity index (χ4v) is 4.09. The Morgan fingerprint density at radius 2 is 1.83 bits per heavy atom. The Kier molecular flexibility index (Phi) is 5.07. The second kappa shape index (κ2) is 7.05. The predicted octanol–water partition coefficient (Wildman–Crippen LogP) is 5.88. The Morgan fingerprint density at radius 1 is 1.04 bits per heavy atom. The number of alkyl halides is 3. The summed E-state index contributed by atoms with van der Waals surface area (Å²) in [6.07, 6.45) is 0.460. The molecule has 1 aliphatic heterocycles. The molecule has 23 heavy (non-hydrogen) atoms. The third kappa shape index (κ3) is 4.15. The number of thiophene rings is 1. The third-order valence-electron chi connectivity index (χ3n) is 4.40. The molecule has 0 N–H and O–H groups in total. The van der Waals surface area contributed by atoms with Crippen LogP contribution >= 0.6 is 11.3 Å². The molecule has 1 unspecified atom stereocenters. The zero-order valence-corrected chi connectivity index (χ0v) is 13.7. The van der Waals surface area contributed by atoms with E-state index < -0.39 is 11.7 Å². The lowest BCUT2D eigenvalue weighted by molar-refractivity contribution is -0.137. The fourth-order valence-electron chi connectivity index (χ4n) is 3.19. The number of nitrogens with zero attached hydrogens (tertiary/aromatic N) is 1. The first-order chi connectivity index (χ1) is 11.0. The van der Waals surface area contributed by atoms with E-state index in [2.05, 4.69) is 22.4 Å². The standard InChI is InChI=1S/C18H20F3NS/c19-18(20,21)15-9-7-14(8-10-15)13-22-11-3-1-2-5-16(22)17-6-4-12-23-17/h4,6-10,12,16H,1-3,5,11,13H2. The van der Waals surface area contributed by atoms with Gasteiger partial charge in [-0.25, -0.2) is 0 Å². The van der Waals surface area contributed by atoms with E-state index in [0.29, 0.717) is 12.6 Å². The Morgan fingerprint density at radius 3 is 2.48 bits per heavy atom. The monoisotopic (exact) mass is 339 g/mol. The molecule has 2 heterocycles. The number of likely N-dealkylation sites (tertiary alicyclic amines) is 1. The molecular formula is C18H20F3NS. The molecular weight excluding hydrogens is 319 g/mol. The smallest absolute Gasteiger partial charge is 0.291 e. The maximum absolute atomic E-state index is 12.7. The Bertz CT molecular complexity index is 604. The molecule has 1 saturated heterocycles. The van der Waals surface area contributed by atoms with Crippen LogP contribution in [0, 0.1) is 0 Å². The van der Waals surface area contributed by atoms with E-state index in [9.17, 15) is 13.2 Å². The number of benzene rings is 1. The Hall–Kier alpha value is -1.33. The predicted molar refractivity (Wildman–Crippen MR) is 87.4 cm³/mol. The van der Waals surface area contributed by atoms with Crippen LogP contribution in [0.3, 0.4) is 0 Å². The lowest BCUT2D eigenvalue weighted by atomic mass is 10.1. The first-order valence-corrected chi connectivity index (χ1v) is 8.85. The van der Waals surface area contributed by atoms with E-state index in [1.54, 1.807) is 23.5 Å². The minimum absolute atomic E-state index is 0.389. The SMILES string of the molecule is FC(F)(F)c1ccc(CN2CCCCCC2c2cccs2)cc1. The van der Waals surface area contributed by atoms with Crippen LogP contribution in [-0.2, 0) is 12.7 Å². The lowest BCUT2D eigenvalue weighted by Gasteiger charge is -2.29. The van der Waals surface area contributed by atoms with Crippen LogP contribution in [-0.4, -0.2) is 11.4 Å². The average Bonchev–Trinajstić information content (AvgIpc) is 2.95. The molecule has 5 heteroatoms. The van der Waals surface area contributed by atoms with Gasteiger partial charge in [0.2, 0.25) is 0 Å². The number of halogens is 3. The summed E-state index contributed by atoms with van der Waals surface area (Å²) >= 11 is 1.77. The lowest BCUT2D eigenvalue weighted by Crippen LogP contribution is -2.27. The topological polar surface area (TPSA) is 3.24 Å². The van der Waals surface area contributed by atoms with Crippen LogP contribution in [0.4, 0.5) is 13.2 Å². The maximum Gasteiger partial charge on any atom is 0.416 e. The first kappa shape index (κ1) is 16.5. The van der Waals surface area contributed by atoms with Gasteiger partial charge in [-0.3, -0.25) is 4.90 Å². The van der Waals surface area contributed by atoms with E-state index in [0.717, 1.165) is 24.9 Å². The molecule has 0 spiro atoms. The van der Waals surface area contributed by atoms with Gasteiger partial charge < -0.3 is 0 Å². The van der Waals surface area contributed by atoms with Gasteiger partial charge in [-0.15, -0.1) is 11.3 Å². The van der Waals surface area contributed by atoms with Gasteiger partial charge in [-0.05, 0) is 48.5 Å². The van der Waals surface area contributed by atoms with Crippen molar-refractivity contribution >= 4 is 11.3 Å². The summed E-state index contributed by atoms with van der Waals surface area (Å²) in [5.74, 6) is 0. The Labute approximate surface area is 138 Å². The van der Waals surface area contributed by atoms with Crippen molar-refractivity contribution in [3.63, 3.8) is 0 Å². The van der Waals surface area contributed by atoms with Crippen LogP contribution in [0.15, 0.2) is 41.8 Å². The van der Waals surface area contributed by atoms with Crippen LogP contribution in [0.2, 0.25) is 0 Å².